The van der Waals surface area contributed by atoms with Crippen LogP contribution in [0.2, 0.25) is 0 Å². The summed E-state index contributed by atoms with van der Waals surface area (Å²) in [6, 6.07) is 0. The number of halogens is 2. The van der Waals surface area contributed by atoms with Crippen LogP contribution in [0.3, 0.4) is 0 Å². The molecule has 7 heteroatoms. The van der Waals surface area contributed by atoms with E-state index in [0.29, 0.717) is 11.6 Å². The van der Waals surface area contributed by atoms with Gasteiger partial charge in [-0.3, -0.25) is 0 Å². The molecule has 0 aromatic heterocycles. The number of aliphatic hydroxyl groups is 1. The first kappa shape index (κ1) is 15.1. The summed E-state index contributed by atoms with van der Waals surface area (Å²) >= 11 is 6.65. The number of alkyl halides is 2. The Hall–Kier alpha value is -0.920. The smallest absolute Gasteiger partial charge is 0.331 e. The molecule has 1 aliphatic carbocycles. The van der Waals surface area contributed by atoms with Gasteiger partial charge in [0.1, 0.15) is 9.84 Å². The van der Waals surface area contributed by atoms with Crippen molar-refractivity contribution >= 4 is 43.8 Å². The first-order valence-corrected chi connectivity index (χ1v) is 6.43. The van der Waals surface area contributed by atoms with Gasteiger partial charge in [0.25, 0.3) is 0 Å². The molecular weight excluding hydrogens is 372 g/mol. The van der Waals surface area contributed by atoms with Gasteiger partial charge in [0.05, 0.1) is 6.10 Å². The summed E-state index contributed by atoms with van der Waals surface area (Å²) in [5, 5.41) is 18.0. The first-order chi connectivity index (χ1) is 8.30. The van der Waals surface area contributed by atoms with Gasteiger partial charge in [0, 0.05) is 12.2 Å². The van der Waals surface area contributed by atoms with Crippen molar-refractivity contribution in [1.82, 2.24) is 0 Å². The lowest BCUT2D eigenvalue weighted by Crippen LogP contribution is -2.22. The molecule has 0 fully saturated rings. The molecule has 0 saturated carbocycles. The second-order valence-electron chi connectivity index (χ2n) is 3.48. The average Bonchev–Trinajstić information content (AvgIpc) is 2.27. The highest BCUT2D eigenvalue weighted by Gasteiger charge is 2.24. The Morgan fingerprint density at radius 1 is 1.44 bits per heavy atom. The van der Waals surface area contributed by atoms with Gasteiger partial charge in [-0.15, -0.1) is 0 Å². The average molecular weight is 382 g/mol. The highest BCUT2D eigenvalue weighted by molar-refractivity contribution is 9.25. The summed E-state index contributed by atoms with van der Waals surface area (Å²) in [6.45, 7) is -0.118. The minimum atomic E-state index is -1.23. The quantitative estimate of drug-likeness (QED) is 0.334. The van der Waals surface area contributed by atoms with Crippen LogP contribution in [-0.2, 0) is 14.3 Å². The maximum atomic E-state index is 11.1. The Bertz CT molecular complexity index is 437. The molecule has 0 amide bonds. The van der Waals surface area contributed by atoms with Gasteiger partial charge in [-0.1, -0.05) is 44.0 Å². The summed E-state index contributed by atoms with van der Waals surface area (Å²) in [6.07, 6.45) is 5.57. The largest absolute Gasteiger partial charge is 0.478 e. The van der Waals surface area contributed by atoms with Crippen LogP contribution in [0.25, 0.3) is 0 Å². The molecule has 1 unspecified atom stereocenters. The highest BCUT2D eigenvalue weighted by atomic mass is 79.9. The molecule has 18 heavy (non-hydrogen) atoms. The van der Waals surface area contributed by atoms with Crippen molar-refractivity contribution < 1.29 is 24.5 Å². The third kappa shape index (κ3) is 5.16. The van der Waals surface area contributed by atoms with Crippen LogP contribution in [0.15, 0.2) is 36.0 Å². The maximum Gasteiger partial charge on any atom is 0.331 e. The fourth-order valence-electron chi connectivity index (χ4n) is 1.19. The van der Waals surface area contributed by atoms with E-state index >= 15 is 0 Å². The van der Waals surface area contributed by atoms with Crippen LogP contribution >= 0.6 is 31.9 Å². The van der Waals surface area contributed by atoms with Crippen molar-refractivity contribution in [1.29, 1.82) is 0 Å². The number of aliphatic carboxylic acids is 1. The van der Waals surface area contributed by atoms with E-state index in [2.05, 4.69) is 31.9 Å². The molecule has 0 saturated heterocycles. The monoisotopic (exact) mass is 380 g/mol. The Labute approximate surface area is 120 Å². The molecule has 0 aromatic rings. The molecule has 0 heterocycles. The predicted molar refractivity (Wildman–Crippen MR) is 71.5 cm³/mol. The van der Waals surface area contributed by atoms with Crippen molar-refractivity contribution in [2.75, 3.05) is 6.61 Å². The van der Waals surface area contributed by atoms with Gasteiger partial charge in [0.15, 0.2) is 0 Å². The lowest BCUT2D eigenvalue weighted by atomic mass is 10.0. The van der Waals surface area contributed by atoms with Gasteiger partial charge >= 0.3 is 11.9 Å². The van der Waals surface area contributed by atoms with Crippen molar-refractivity contribution in [3.63, 3.8) is 0 Å². The van der Waals surface area contributed by atoms with Crippen LogP contribution in [-0.4, -0.2) is 38.1 Å². The third-order valence-electron chi connectivity index (χ3n) is 2.00. The van der Waals surface area contributed by atoms with E-state index < -0.39 is 21.3 Å². The van der Waals surface area contributed by atoms with E-state index in [-0.39, 0.29) is 6.61 Å². The molecule has 1 rings (SSSR count). The minimum absolute atomic E-state index is 0.118. The molecule has 0 aromatic carbocycles. The summed E-state index contributed by atoms with van der Waals surface area (Å²) in [4.78, 5) is 21.3. The van der Waals surface area contributed by atoms with Crippen LogP contribution < -0.4 is 0 Å². The van der Waals surface area contributed by atoms with Crippen LogP contribution in [0.5, 0.6) is 0 Å². The fourth-order valence-corrected chi connectivity index (χ4v) is 2.09. The van der Waals surface area contributed by atoms with E-state index in [4.69, 9.17) is 9.84 Å². The number of rotatable bonds is 4. The molecule has 98 valence electrons. The van der Waals surface area contributed by atoms with Gasteiger partial charge < -0.3 is 14.9 Å². The number of hydrogen-bond donors (Lipinski definition) is 2. The summed E-state index contributed by atoms with van der Waals surface area (Å²) in [5.74, 6) is -2.01. The van der Waals surface area contributed by atoms with Gasteiger partial charge in [-0.2, -0.15) is 0 Å². The Morgan fingerprint density at radius 2 is 2.11 bits per heavy atom. The Balaban J connectivity index is 2.56. The number of allylic oxidation sites excluding steroid dienone is 2. The van der Waals surface area contributed by atoms with Gasteiger partial charge in [-0.05, 0) is 11.6 Å². The van der Waals surface area contributed by atoms with Crippen molar-refractivity contribution in [2.24, 2.45) is 0 Å². The number of ether oxygens (including phenoxy) is 1. The van der Waals surface area contributed by atoms with Crippen molar-refractivity contribution in [3.05, 3.63) is 36.0 Å². The molecule has 0 aliphatic heterocycles. The summed E-state index contributed by atoms with van der Waals surface area (Å²) < 4.78 is 4.23. The van der Waals surface area contributed by atoms with E-state index in [1.54, 1.807) is 18.2 Å². The van der Waals surface area contributed by atoms with Gasteiger partial charge in [-0.25, -0.2) is 9.59 Å². The molecule has 0 radical (unpaired) electrons. The Kier molecular flexibility index (Phi) is 5.30. The third-order valence-corrected chi connectivity index (χ3v) is 2.99. The lowest BCUT2D eigenvalue weighted by molar-refractivity contribution is -0.138. The summed E-state index contributed by atoms with van der Waals surface area (Å²) in [5.41, 5.74) is 0.489. The zero-order valence-corrected chi connectivity index (χ0v) is 12.2. The van der Waals surface area contributed by atoms with E-state index in [9.17, 15) is 14.7 Å². The minimum Gasteiger partial charge on any atom is -0.478 e. The second-order valence-corrected chi connectivity index (χ2v) is 7.17. The van der Waals surface area contributed by atoms with Gasteiger partial charge in [0.2, 0.25) is 0 Å². The number of carboxylic acid groups (broad SMARTS) is 1. The number of aliphatic hydroxyl groups excluding tert-OH is 1. The number of esters is 1. The zero-order chi connectivity index (χ0) is 13.8. The number of hydrogen-bond acceptors (Lipinski definition) is 4. The van der Waals surface area contributed by atoms with Crippen molar-refractivity contribution in [2.45, 2.75) is 9.34 Å². The summed E-state index contributed by atoms with van der Waals surface area (Å²) in [7, 11) is 0. The van der Waals surface area contributed by atoms with Crippen molar-refractivity contribution in [3.8, 4) is 0 Å². The first-order valence-electron chi connectivity index (χ1n) is 4.85. The molecule has 5 nitrogen and oxygen atoms in total. The number of carbonyl (C=O) groups is 2. The zero-order valence-electron chi connectivity index (χ0n) is 9.05. The van der Waals surface area contributed by atoms with E-state index in [1.807, 2.05) is 0 Å². The second kappa shape index (κ2) is 6.31. The number of carboxylic acids is 1. The standard InChI is InChI=1S/C11H10Br2O5/c12-11(13)4-3-8(14)7(5-11)6-18-10(17)2-1-9(15)16/h1-5,8,14H,6H2,(H,15,16)/b2-1+. The Morgan fingerprint density at radius 3 is 2.72 bits per heavy atom. The van der Waals surface area contributed by atoms with Crippen LogP contribution in [0.1, 0.15) is 0 Å². The molecule has 2 N–H and O–H groups in total. The van der Waals surface area contributed by atoms with E-state index in [0.717, 1.165) is 6.08 Å². The topological polar surface area (TPSA) is 83.8 Å². The molecular formula is C11H10Br2O5. The number of carbonyl (C=O) groups excluding carboxylic acids is 1. The molecule has 1 atom stereocenters. The lowest BCUT2D eigenvalue weighted by Gasteiger charge is -2.22. The van der Waals surface area contributed by atoms with E-state index in [1.165, 1.54) is 0 Å². The molecule has 1 aliphatic rings. The van der Waals surface area contributed by atoms with Crippen LogP contribution in [0, 0.1) is 0 Å². The highest BCUT2D eigenvalue weighted by Crippen LogP contribution is 2.34. The predicted octanol–water partition coefficient (Wildman–Crippen LogP) is 1.51. The molecule has 0 spiro atoms. The van der Waals surface area contributed by atoms with Crippen LogP contribution in [0.4, 0.5) is 0 Å². The molecule has 0 bridgehead atoms. The SMILES string of the molecule is O=C(O)/C=C/C(=O)OCC1=CC(Br)(Br)C=CC1O. The normalized spacial score (nSPS) is 21.7. The fraction of sp³-hybridized carbons (Fsp3) is 0.273. The maximum absolute atomic E-state index is 11.1.